The van der Waals surface area contributed by atoms with E-state index in [4.69, 9.17) is 8.84 Å². The molecule has 1 rings (SSSR count). The van der Waals surface area contributed by atoms with Crippen molar-refractivity contribution >= 4 is 49.5 Å². The summed E-state index contributed by atoms with van der Waals surface area (Å²) in [7, 11) is -4.10. The zero-order chi connectivity index (χ0) is 22.8. The van der Waals surface area contributed by atoms with Crippen LogP contribution in [0.2, 0.25) is 37.8 Å². The first-order valence-corrected chi connectivity index (χ1v) is 16.9. The fraction of sp³-hybridized carbons (Fsp3) is 0.650. The van der Waals surface area contributed by atoms with E-state index in [2.05, 4.69) is 54.8 Å². The van der Waals surface area contributed by atoms with Crippen molar-refractivity contribution in [2.45, 2.75) is 84.4 Å². The van der Waals surface area contributed by atoms with Crippen molar-refractivity contribution in [3.8, 4) is 0 Å². The SMILES string of the molecule is C/C(Br)=C\[C@H](CC(=O)Cc1nc(C(=O)O)c([Si](C)(C)C)o1)O[Si](C)(C)C(C)(C)C. The molecule has 0 aliphatic heterocycles. The van der Waals surface area contributed by atoms with E-state index in [1.54, 1.807) is 0 Å². The second-order valence-electron chi connectivity index (χ2n) is 9.93. The third kappa shape index (κ3) is 7.62. The van der Waals surface area contributed by atoms with Crippen molar-refractivity contribution < 1.29 is 23.5 Å². The quantitative estimate of drug-likeness (QED) is 0.470. The normalized spacial score (nSPS) is 14.8. The Morgan fingerprint density at radius 2 is 1.79 bits per heavy atom. The molecule has 1 heterocycles. The number of hydrogen-bond acceptors (Lipinski definition) is 5. The topological polar surface area (TPSA) is 89.6 Å². The third-order valence-corrected chi connectivity index (χ3v) is 11.5. The Balaban J connectivity index is 3.03. The molecular weight excluding hydrogens is 470 g/mol. The molecule has 1 aromatic rings. The third-order valence-electron chi connectivity index (χ3n) is 5.00. The fourth-order valence-electron chi connectivity index (χ4n) is 2.50. The number of Topliss-reactive ketones (excluding diaryl/α,β-unsaturated/α-hetero) is 1. The highest BCUT2D eigenvalue weighted by atomic mass is 79.9. The molecule has 0 aliphatic rings. The van der Waals surface area contributed by atoms with Gasteiger partial charge in [-0.3, -0.25) is 4.79 Å². The van der Waals surface area contributed by atoms with Crippen LogP contribution in [0.3, 0.4) is 0 Å². The van der Waals surface area contributed by atoms with E-state index in [0.717, 1.165) is 4.48 Å². The Kier molecular flexibility index (Phi) is 8.43. The fourth-order valence-corrected chi connectivity index (χ4v) is 5.36. The number of halogens is 1. The maximum absolute atomic E-state index is 12.7. The maximum Gasteiger partial charge on any atom is 0.357 e. The summed E-state index contributed by atoms with van der Waals surface area (Å²) in [5.74, 6) is -1.06. The van der Waals surface area contributed by atoms with Gasteiger partial charge in [0.25, 0.3) is 0 Å². The Morgan fingerprint density at radius 1 is 1.24 bits per heavy atom. The maximum atomic E-state index is 12.7. The van der Waals surface area contributed by atoms with Crippen LogP contribution in [0.25, 0.3) is 0 Å². The lowest BCUT2D eigenvalue weighted by Gasteiger charge is -2.38. The average molecular weight is 505 g/mol. The Labute approximate surface area is 184 Å². The number of aromatic carboxylic acids is 1. The minimum absolute atomic E-state index is 0.0214. The van der Waals surface area contributed by atoms with Crippen molar-refractivity contribution in [1.29, 1.82) is 0 Å². The summed E-state index contributed by atoms with van der Waals surface area (Å²) in [4.78, 5) is 28.3. The standard InChI is InChI=1S/C20H34BrNO5Si2/c1-13(21)10-15(27-29(8,9)20(2,3)4)11-14(23)12-16-22-17(18(24)25)19(26-16)28(5,6)7/h10,15H,11-12H2,1-9H3,(H,24,25)/b13-10+/t15-/m1/s1. The molecule has 0 saturated heterocycles. The van der Waals surface area contributed by atoms with Crippen LogP contribution in [0.4, 0.5) is 0 Å². The number of rotatable bonds is 9. The van der Waals surface area contributed by atoms with Crippen LogP contribution in [0.1, 0.15) is 50.5 Å². The zero-order valence-corrected chi connectivity index (χ0v) is 22.6. The number of allylic oxidation sites excluding steroid dienone is 1. The van der Waals surface area contributed by atoms with Gasteiger partial charge in [0.2, 0.25) is 5.89 Å². The lowest BCUT2D eigenvalue weighted by atomic mass is 10.1. The highest BCUT2D eigenvalue weighted by Gasteiger charge is 2.39. The molecule has 0 unspecified atom stereocenters. The Hall–Kier alpha value is -1.04. The molecule has 0 aromatic carbocycles. The number of oxazole rings is 1. The van der Waals surface area contributed by atoms with Gasteiger partial charge in [0.15, 0.2) is 14.0 Å². The van der Waals surface area contributed by atoms with Crippen LogP contribution in [0.15, 0.2) is 15.0 Å². The number of carboxylic acid groups (broad SMARTS) is 1. The lowest BCUT2D eigenvalue weighted by Crippen LogP contribution is -2.44. The minimum atomic E-state index is -2.07. The van der Waals surface area contributed by atoms with Crippen molar-refractivity contribution in [2.75, 3.05) is 0 Å². The van der Waals surface area contributed by atoms with E-state index < -0.39 is 22.4 Å². The van der Waals surface area contributed by atoms with Gasteiger partial charge in [0, 0.05) is 6.42 Å². The molecule has 9 heteroatoms. The molecule has 0 fully saturated rings. The van der Waals surface area contributed by atoms with Gasteiger partial charge in [-0.15, -0.1) is 0 Å². The van der Waals surface area contributed by atoms with Gasteiger partial charge in [-0.05, 0) is 35.6 Å². The van der Waals surface area contributed by atoms with Gasteiger partial charge in [-0.2, -0.15) is 0 Å². The van der Waals surface area contributed by atoms with Gasteiger partial charge >= 0.3 is 5.97 Å². The Bertz CT molecular complexity index is 784. The minimum Gasteiger partial charge on any atom is -0.476 e. The lowest BCUT2D eigenvalue weighted by molar-refractivity contribution is -0.119. The molecule has 6 nitrogen and oxygen atoms in total. The van der Waals surface area contributed by atoms with Crippen LogP contribution in [-0.2, 0) is 15.6 Å². The summed E-state index contributed by atoms with van der Waals surface area (Å²) in [6.07, 6.45) is 1.69. The molecule has 164 valence electrons. The summed E-state index contributed by atoms with van der Waals surface area (Å²) in [6.45, 7) is 18.6. The predicted octanol–water partition coefficient (Wildman–Crippen LogP) is 5.11. The summed E-state index contributed by atoms with van der Waals surface area (Å²) in [6, 6.07) is 0. The number of carbonyl (C=O) groups excluding carboxylic acids is 1. The van der Waals surface area contributed by atoms with E-state index >= 15 is 0 Å². The molecular formula is C20H34BrNO5Si2. The van der Waals surface area contributed by atoms with E-state index in [1.807, 2.05) is 32.6 Å². The van der Waals surface area contributed by atoms with Crippen LogP contribution in [0.5, 0.6) is 0 Å². The van der Waals surface area contributed by atoms with E-state index in [-0.39, 0.29) is 41.4 Å². The molecule has 0 saturated carbocycles. The van der Waals surface area contributed by atoms with E-state index in [9.17, 15) is 14.7 Å². The molecule has 0 bridgehead atoms. The highest BCUT2D eigenvalue weighted by Crippen LogP contribution is 2.38. The highest BCUT2D eigenvalue weighted by molar-refractivity contribution is 9.11. The summed E-state index contributed by atoms with van der Waals surface area (Å²) < 4.78 is 13.0. The molecule has 1 aromatic heterocycles. The van der Waals surface area contributed by atoms with Crippen LogP contribution < -0.4 is 5.38 Å². The molecule has 0 spiro atoms. The second-order valence-corrected chi connectivity index (χ2v) is 20.9. The summed E-state index contributed by atoms with van der Waals surface area (Å²) in [5, 5.41) is 9.85. The van der Waals surface area contributed by atoms with Gasteiger partial charge < -0.3 is 13.9 Å². The molecule has 29 heavy (non-hydrogen) atoms. The molecule has 0 aliphatic carbocycles. The number of nitrogens with zero attached hydrogens (tertiary/aromatic N) is 1. The van der Waals surface area contributed by atoms with Gasteiger partial charge in [0.1, 0.15) is 19.2 Å². The molecule has 0 amide bonds. The van der Waals surface area contributed by atoms with Gasteiger partial charge in [-0.1, -0.05) is 56.3 Å². The van der Waals surface area contributed by atoms with Crippen molar-refractivity contribution in [3.05, 3.63) is 22.1 Å². The predicted molar refractivity (Wildman–Crippen MR) is 125 cm³/mol. The van der Waals surface area contributed by atoms with Crippen LogP contribution in [0, 0.1) is 0 Å². The average Bonchev–Trinajstić information content (AvgIpc) is 2.88. The smallest absolute Gasteiger partial charge is 0.357 e. The van der Waals surface area contributed by atoms with Crippen LogP contribution >= 0.6 is 15.9 Å². The summed E-state index contributed by atoms with van der Waals surface area (Å²) in [5.41, 5.74) is -0.0720. The number of carboxylic acids is 1. The van der Waals surface area contributed by atoms with Crippen molar-refractivity contribution in [1.82, 2.24) is 4.98 Å². The largest absolute Gasteiger partial charge is 0.476 e. The molecule has 1 atom stereocenters. The molecule has 1 N–H and O–H groups in total. The number of aromatic nitrogens is 1. The number of ketones is 1. The van der Waals surface area contributed by atoms with Crippen molar-refractivity contribution in [2.24, 2.45) is 0 Å². The first-order chi connectivity index (χ1) is 12.9. The van der Waals surface area contributed by atoms with Crippen molar-refractivity contribution in [3.63, 3.8) is 0 Å². The molecule has 0 radical (unpaired) electrons. The first-order valence-electron chi connectivity index (χ1n) is 9.71. The van der Waals surface area contributed by atoms with Gasteiger partial charge in [-0.25, -0.2) is 9.78 Å². The Morgan fingerprint density at radius 3 is 2.17 bits per heavy atom. The zero-order valence-electron chi connectivity index (χ0n) is 19.0. The number of hydrogen-bond donors (Lipinski definition) is 1. The first kappa shape index (κ1) is 26.0. The monoisotopic (exact) mass is 503 g/mol. The number of carbonyl (C=O) groups is 2. The summed E-state index contributed by atoms with van der Waals surface area (Å²) >= 11 is 3.43. The van der Waals surface area contributed by atoms with E-state index in [0.29, 0.717) is 5.38 Å². The van der Waals surface area contributed by atoms with E-state index in [1.165, 1.54) is 0 Å². The van der Waals surface area contributed by atoms with Crippen LogP contribution in [-0.4, -0.2) is 44.3 Å². The van der Waals surface area contributed by atoms with Gasteiger partial charge in [0.05, 0.1) is 12.5 Å². The second kappa shape index (κ2) is 9.40.